The lowest BCUT2D eigenvalue weighted by Crippen LogP contribution is -2.14. The number of nitrogens with one attached hydrogen (secondary N) is 1. The first-order chi connectivity index (χ1) is 15.5. The van der Waals surface area contributed by atoms with Gasteiger partial charge in [-0.25, -0.2) is 4.68 Å². The van der Waals surface area contributed by atoms with Gasteiger partial charge in [-0.1, -0.05) is 32.0 Å². The number of benzene rings is 3. The Labute approximate surface area is 187 Å². The normalized spacial score (nSPS) is 10.9. The molecule has 3 N–H and O–H groups in total. The zero-order valence-electron chi connectivity index (χ0n) is 18.4. The Morgan fingerprint density at radius 2 is 1.69 bits per heavy atom. The van der Waals surface area contributed by atoms with Crippen LogP contribution in [0, 0.1) is 0 Å². The van der Waals surface area contributed by atoms with Crippen molar-refractivity contribution in [2.24, 2.45) is 0 Å². The molecule has 0 atom stereocenters. The number of nitrogens with two attached hydrogens (primary N) is 1. The van der Waals surface area contributed by atoms with E-state index in [1.54, 1.807) is 23.9 Å². The van der Waals surface area contributed by atoms with Gasteiger partial charge in [0.05, 0.1) is 18.5 Å². The molecule has 4 rings (SSSR count). The standard InChI is InChI=1S/C26H26N4O2/c1-17(2)22-6-4-5-7-23(22)28-26(31)19-8-12-20(13-9-19)30-25(27)16-24(29-30)18-10-14-21(32-3)15-11-18/h4-17H,27H2,1-3H3,(H,28,31). The summed E-state index contributed by atoms with van der Waals surface area (Å²) in [6.07, 6.45) is 0. The molecule has 6 heteroatoms. The number of aromatic nitrogens is 2. The number of rotatable bonds is 6. The van der Waals surface area contributed by atoms with Crippen LogP contribution in [0.3, 0.4) is 0 Å². The van der Waals surface area contributed by atoms with E-state index in [9.17, 15) is 4.79 Å². The number of carbonyl (C=O) groups is 1. The van der Waals surface area contributed by atoms with Gasteiger partial charge in [0.2, 0.25) is 0 Å². The summed E-state index contributed by atoms with van der Waals surface area (Å²) in [6, 6.07) is 24.6. The zero-order chi connectivity index (χ0) is 22.7. The summed E-state index contributed by atoms with van der Waals surface area (Å²) >= 11 is 0. The number of ether oxygens (including phenoxy) is 1. The van der Waals surface area contributed by atoms with E-state index in [4.69, 9.17) is 10.5 Å². The molecular weight excluding hydrogens is 400 g/mol. The van der Waals surface area contributed by atoms with Gasteiger partial charge in [-0.05, 0) is 66.1 Å². The van der Waals surface area contributed by atoms with Crippen LogP contribution in [-0.4, -0.2) is 22.8 Å². The first kappa shape index (κ1) is 21.2. The molecule has 0 bridgehead atoms. The summed E-state index contributed by atoms with van der Waals surface area (Å²) in [5.74, 6) is 1.46. The molecule has 0 aliphatic carbocycles. The van der Waals surface area contributed by atoms with Crippen molar-refractivity contribution in [3.63, 3.8) is 0 Å². The van der Waals surface area contributed by atoms with Crippen molar-refractivity contribution in [3.05, 3.63) is 90.0 Å². The Bertz CT molecular complexity index is 1230. The smallest absolute Gasteiger partial charge is 0.255 e. The second-order valence-corrected chi connectivity index (χ2v) is 7.84. The van der Waals surface area contributed by atoms with Crippen LogP contribution in [0.15, 0.2) is 78.9 Å². The second kappa shape index (κ2) is 8.98. The lowest BCUT2D eigenvalue weighted by atomic mass is 10.0. The molecule has 0 fully saturated rings. The van der Waals surface area contributed by atoms with Crippen molar-refractivity contribution in [1.29, 1.82) is 0 Å². The Morgan fingerprint density at radius 1 is 1.00 bits per heavy atom. The Kier molecular flexibility index (Phi) is 5.94. The maximum Gasteiger partial charge on any atom is 0.255 e. The van der Waals surface area contributed by atoms with Gasteiger partial charge in [-0.2, -0.15) is 5.10 Å². The van der Waals surface area contributed by atoms with Crippen LogP contribution >= 0.6 is 0 Å². The van der Waals surface area contributed by atoms with Crippen LogP contribution < -0.4 is 15.8 Å². The van der Waals surface area contributed by atoms with E-state index in [-0.39, 0.29) is 5.91 Å². The maximum atomic E-state index is 12.8. The molecule has 0 aliphatic rings. The van der Waals surface area contributed by atoms with Gasteiger partial charge in [0.25, 0.3) is 5.91 Å². The van der Waals surface area contributed by atoms with Crippen LogP contribution in [0.5, 0.6) is 5.75 Å². The molecule has 6 nitrogen and oxygen atoms in total. The van der Waals surface area contributed by atoms with Gasteiger partial charge < -0.3 is 15.8 Å². The van der Waals surface area contributed by atoms with E-state index in [1.807, 2.05) is 66.7 Å². The number of hydrogen-bond donors (Lipinski definition) is 2. The van der Waals surface area contributed by atoms with E-state index in [2.05, 4.69) is 24.3 Å². The minimum Gasteiger partial charge on any atom is -0.497 e. The van der Waals surface area contributed by atoms with Gasteiger partial charge in [-0.3, -0.25) is 4.79 Å². The molecule has 0 unspecified atom stereocenters. The lowest BCUT2D eigenvalue weighted by Gasteiger charge is -2.14. The van der Waals surface area contributed by atoms with E-state index < -0.39 is 0 Å². The Hall–Kier alpha value is -4.06. The maximum absolute atomic E-state index is 12.8. The van der Waals surface area contributed by atoms with Crippen LogP contribution in [0.1, 0.15) is 35.7 Å². The van der Waals surface area contributed by atoms with Gasteiger partial charge >= 0.3 is 0 Å². The van der Waals surface area contributed by atoms with Crippen molar-refractivity contribution in [1.82, 2.24) is 9.78 Å². The third-order valence-electron chi connectivity index (χ3n) is 5.33. The molecule has 0 saturated carbocycles. The van der Waals surface area contributed by atoms with Gasteiger partial charge in [0, 0.05) is 22.9 Å². The van der Waals surface area contributed by atoms with E-state index in [0.717, 1.165) is 33.9 Å². The molecule has 32 heavy (non-hydrogen) atoms. The summed E-state index contributed by atoms with van der Waals surface area (Å²) in [5, 5.41) is 7.65. The number of hydrogen-bond acceptors (Lipinski definition) is 4. The lowest BCUT2D eigenvalue weighted by molar-refractivity contribution is 0.102. The highest BCUT2D eigenvalue weighted by Crippen LogP contribution is 2.26. The molecule has 0 radical (unpaired) electrons. The van der Waals surface area contributed by atoms with Gasteiger partial charge in [-0.15, -0.1) is 0 Å². The highest BCUT2D eigenvalue weighted by Gasteiger charge is 2.13. The topological polar surface area (TPSA) is 82.2 Å². The molecule has 0 aliphatic heterocycles. The van der Waals surface area contributed by atoms with Crippen LogP contribution in [-0.2, 0) is 0 Å². The van der Waals surface area contributed by atoms with Gasteiger partial charge in [0.15, 0.2) is 0 Å². The number of nitrogen functional groups attached to an aromatic ring is 1. The van der Waals surface area contributed by atoms with E-state index >= 15 is 0 Å². The molecule has 1 amide bonds. The first-order valence-corrected chi connectivity index (χ1v) is 10.5. The minimum atomic E-state index is -0.156. The molecule has 4 aromatic rings. The Morgan fingerprint density at radius 3 is 2.34 bits per heavy atom. The van der Waals surface area contributed by atoms with E-state index in [1.165, 1.54) is 0 Å². The number of anilines is 2. The number of methoxy groups -OCH3 is 1. The van der Waals surface area contributed by atoms with E-state index in [0.29, 0.717) is 17.3 Å². The predicted octanol–water partition coefficient (Wildman–Crippen LogP) is 5.51. The number of para-hydroxylation sites is 1. The summed E-state index contributed by atoms with van der Waals surface area (Å²) in [5.41, 5.74) is 11.2. The predicted molar refractivity (Wildman–Crippen MR) is 128 cm³/mol. The third-order valence-corrected chi connectivity index (χ3v) is 5.33. The van der Waals surface area contributed by atoms with Crippen molar-refractivity contribution in [3.8, 4) is 22.7 Å². The Balaban J connectivity index is 1.54. The van der Waals surface area contributed by atoms with Crippen molar-refractivity contribution in [2.75, 3.05) is 18.2 Å². The molecule has 0 saturated heterocycles. The second-order valence-electron chi connectivity index (χ2n) is 7.84. The number of carbonyl (C=O) groups excluding carboxylic acids is 1. The third kappa shape index (κ3) is 4.34. The highest BCUT2D eigenvalue weighted by atomic mass is 16.5. The fourth-order valence-electron chi connectivity index (χ4n) is 3.57. The van der Waals surface area contributed by atoms with Gasteiger partial charge in [0.1, 0.15) is 11.6 Å². The molecule has 0 spiro atoms. The summed E-state index contributed by atoms with van der Waals surface area (Å²) in [4.78, 5) is 12.8. The van der Waals surface area contributed by atoms with Crippen LogP contribution in [0.2, 0.25) is 0 Å². The largest absolute Gasteiger partial charge is 0.497 e. The first-order valence-electron chi connectivity index (χ1n) is 10.5. The molecular formula is C26H26N4O2. The van der Waals surface area contributed by atoms with Crippen molar-refractivity contribution in [2.45, 2.75) is 19.8 Å². The number of amides is 1. The van der Waals surface area contributed by atoms with Crippen LogP contribution in [0.4, 0.5) is 11.5 Å². The fourth-order valence-corrected chi connectivity index (χ4v) is 3.57. The SMILES string of the molecule is COc1ccc(-c2cc(N)n(-c3ccc(C(=O)Nc4ccccc4C(C)C)cc3)n2)cc1. The average Bonchev–Trinajstić information content (AvgIpc) is 3.21. The highest BCUT2D eigenvalue weighted by molar-refractivity contribution is 6.04. The molecule has 3 aromatic carbocycles. The quantitative estimate of drug-likeness (QED) is 0.426. The molecule has 162 valence electrons. The van der Waals surface area contributed by atoms with Crippen LogP contribution in [0.25, 0.3) is 16.9 Å². The monoisotopic (exact) mass is 426 g/mol. The summed E-state index contributed by atoms with van der Waals surface area (Å²) in [7, 11) is 1.63. The minimum absolute atomic E-state index is 0.156. The zero-order valence-corrected chi connectivity index (χ0v) is 18.4. The summed E-state index contributed by atoms with van der Waals surface area (Å²) in [6.45, 7) is 4.21. The van der Waals surface area contributed by atoms with Crippen molar-refractivity contribution >= 4 is 17.4 Å². The summed E-state index contributed by atoms with van der Waals surface area (Å²) < 4.78 is 6.87. The molecule has 1 aromatic heterocycles. The molecule has 1 heterocycles. The van der Waals surface area contributed by atoms with Crippen molar-refractivity contribution < 1.29 is 9.53 Å². The average molecular weight is 427 g/mol. The fraction of sp³-hybridized carbons (Fsp3) is 0.154. The number of nitrogens with zero attached hydrogens (tertiary/aromatic N) is 2.